The normalized spacial score (nSPS) is 20.1. The number of rotatable bonds is 1. The number of fused-ring (bicyclic) bond motifs is 1. The molecule has 0 bridgehead atoms. The quantitative estimate of drug-likeness (QED) is 0.850. The highest BCUT2D eigenvalue weighted by molar-refractivity contribution is 7.13. The van der Waals surface area contributed by atoms with E-state index < -0.39 is 0 Å². The Bertz CT molecular complexity index is 485. The maximum atomic E-state index is 5.91. The molecule has 0 radical (unpaired) electrons. The van der Waals surface area contributed by atoms with Crippen molar-refractivity contribution in [3.05, 3.63) is 24.3 Å². The zero-order valence-corrected chi connectivity index (χ0v) is 10.4. The maximum absolute atomic E-state index is 5.91. The van der Waals surface area contributed by atoms with Crippen LogP contribution in [-0.4, -0.2) is 23.5 Å². The van der Waals surface area contributed by atoms with Gasteiger partial charge in [-0.25, -0.2) is 0 Å². The molecule has 1 aromatic heterocycles. The van der Waals surface area contributed by atoms with Crippen molar-refractivity contribution in [2.24, 2.45) is 5.73 Å². The van der Waals surface area contributed by atoms with E-state index in [9.17, 15) is 0 Å². The van der Waals surface area contributed by atoms with Gasteiger partial charge in [-0.2, -0.15) is 4.37 Å². The lowest BCUT2D eigenvalue weighted by Crippen LogP contribution is -2.26. The Hall–Kier alpha value is -0.840. The summed E-state index contributed by atoms with van der Waals surface area (Å²) in [6.45, 7) is 1.97. The van der Waals surface area contributed by atoms with Crippen molar-refractivity contribution in [2.75, 3.05) is 18.0 Å². The number of anilines is 1. The van der Waals surface area contributed by atoms with E-state index in [0.717, 1.165) is 25.3 Å². The van der Waals surface area contributed by atoms with Crippen molar-refractivity contribution in [3.63, 3.8) is 0 Å². The minimum Gasteiger partial charge on any atom is -0.354 e. The van der Waals surface area contributed by atoms with Crippen LogP contribution in [0.15, 0.2) is 24.3 Å². The van der Waals surface area contributed by atoms with E-state index in [-0.39, 0.29) is 12.4 Å². The van der Waals surface area contributed by atoms with Gasteiger partial charge in [-0.15, -0.1) is 12.4 Å². The highest BCUT2D eigenvalue weighted by atomic mass is 35.5. The molecular formula is C11H14ClN3S. The smallest absolute Gasteiger partial charge is 0.150 e. The third kappa shape index (κ3) is 1.88. The van der Waals surface area contributed by atoms with Crippen molar-refractivity contribution in [1.29, 1.82) is 0 Å². The molecule has 1 aromatic carbocycles. The number of aromatic nitrogens is 1. The van der Waals surface area contributed by atoms with Crippen LogP contribution in [-0.2, 0) is 0 Å². The summed E-state index contributed by atoms with van der Waals surface area (Å²) in [6, 6.07) is 8.69. The van der Waals surface area contributed by atoms with Crippen LogP contribution < -0.4 is 10.6 Å². The molecule has 1 fully saturated rings. The van der Waals surface area contributed by atoms with Gasteiger partial charge in [0.05, 0.1) is 4.70 Å². The number of hydrogen-bond donors (Lipinski definition) is 1. The lowest BCUT2D eigenvalue weighted by Gasteiger charge is -2.14. The minimum absolute atomic E-state index is 0. The summed E-state index contributed by atoms with van der Waals surface area (Å²) in [5.41, 5.74) is 5.91. The Labute approximate surface area is 105 Å². The Kier molecular flexibility index (Phi) is 3.33. The monoisotopic (exact) mass is 255 g/mol. The minimum atomic E-state index is 0. The summed E-state index contributed by atoms with van der Waals surface area (Å²) in [7, 11) is 0. The molecule has 2 N–H and O–H groups in total. The average Bonchev–Trinajstić information content (AvgIpc) is 2.83. The fourth-order valence-corrected chi connectivity index (χ4v) is 2.88. The molecule has 2 heterocycles. The van der Waals surface area contributed by atoms with Crippen LogP contribution in [0, 0.1) is 0 Å². The van der Waals surface area contributed by atoms with E-state index in [2.05, 4.69) is 33.5 Å². The SMILES string of the molecule is Cl.N[C@@H]1CCN(c2nsc3ccccc23)C1. The van der Waals surface area contributed by atoms with Gasteiger partial charge in [-0.3, -0.25) is 0 Å². The van der Waals surface area contributed by atoms with Crippen LogP contribution in [0.25, 0.3) is 10.1 Å². The molecule has 3 nitrogen and oxygen atoms in total. The first-order valence-corrected chi connectivity index (χ1v) is 5.97. The number of halogens is 1. The number of nitrogens with two attached hydrogens (primary N) is 1. The first-order valence-electron chi connectivity index (χ1n) is 5.19. The number of benzene rings is 1. The van der Waals surface area contributed by atoms with Crippen LogP contribution in [0.5, 0.6) is 0 Å². The molecule has 0 saturated carbocycles. The van der Waals surface area contributed by atoms with Crippen LogP contribution in [0.2, 0.25) is 0 Å². The maximum Gasteiger partial charge on any atom is 0.150 e. The molecule has 86 valence electrons. The molecular weight excluding hydrogens is 242 g/mol. The molecule has 3 rings (SSSR count). The van der Waals surface area contributed by atoms with Crippen LogP contribution in [0.3, 0.4) is 0 Å². The molecule has 0 spiro atoms. The lowest BCUT2D eigenvalue weighted by atomic mass is 10.2. The molecule has 0 unspecified atom stereocenters. The van der Waals surface area contributed by atoms with E-state index >= 15 is 0 Å². The molecule has 1 aliphatic rings. The average molecular weight is 256 g/mol. The second kappa shape index (κ2) is 4.57. The molecule has 1 aliphatic heterocycles. The summed E-state index contributed by atoms with van der Waals surface area (Å²) in [5, 5.41) is 1.26. The van der Waals surface area contributed by atoms with Crippen LogP contribution >= 0.6 is 23.9 Å². The van der Waals surface area contributed by atoms with Gasteiger partial charge in [0.15, 0.2) is 0 Å². The summed E-state index contributed by atoms with van der Waals surface area (Å²) >= 11 is 1.57. The lowest BCUT2D eigenvalue weighted by molar-refractivity contribution is 0.752. The van der Waals surface area contributed by atoms with Gasteiger partial charge in [0.2, 0.25) is 0 Å². The summed E-state index contributed by atoms with van der Waals surface area (Å²) < 4.78 is 5.78. The molecule has 16 heavy (non-hydrogen) atoms. The Morgan fingerprint density at radius 3 is 2.94 bits per heavy atom. The van der Waals surface area contributed by atoms with Crippen molar-refractivity contribution in [1.82, 2.24) is 4.37 Å². The number of hydrogen-bond acceptors (Lipinski definition) is 4. The van der Waals surface area contributed by atoms with E-state index in [4.69, 9.17) is 5.73 Å². The van der Waals surface area contributed by atoms with Crippen molar-refractivity contribution in [2.45, 2.75) is 12.5 Å². The number of nitrogens with zero attached hydrogens (tertiary/aromatic N) is 2. The molecule has 0 aliphatic carbocycles. The zero-order chi connectivity index (χ0) is 10.3. The second-order valence-corrected chi connectivity index (χ2v) is 4.80. The van der Waals surface area contributed by atoms with Gasteiger partial charge in [0.1, 0.15) is 5.82 Å². The van der Waals surface area contributed by atoms with E-state index in [1.807, 2.05) is 0 Å². The van der Waals surface area contributed by atoms with Crippen LogP contribution in [0.1, 0.15) is 6.42 Å². The van der Waals surface area contributed by atoms with E-state index in [0.29, 0.717) is 6.04 Å². The Morgan fingerprint density at radius 1 is 1.38 bits per heavy atom. The topological polar surface area (TPSA) is 42.1 Å². The fourth-order valence-electron chi connectivity index (χ4n) is 2.08. The second-order valence-electron chi connectivity index (χ2n) is 4.00. The first kappa shape index (κ1) is 11.6. The third-order valence-electron chi connectivity index (χ3n) is 2.88. The predicted molar refractivity (Wildman–Crippen MR) is 71.7 cm³/mol. The standard InChI is InChI=1S/C11H13N3S.ClH/c12-8-5-6-14(7-8)11-9-3-1-2-4-10(9)15-13-11;/h1-4,8H,5-7,12H2;1H/t8-;/m1./s1. The summed E-state index contributed by atoms with van der Waals surface area (Å²) in [5.74, 6) is 1.11. The largest absolute Gasteiger partial charge is 0.354 e. The fraction of sp³-hybridized carbons (Fsp3) is 0.364. The van der Waals surface area contributed by atoms with Crippen molar-refractivity contribution >= 4 is 39.8 Å². The Balaban J connectivity index is 0.000000963. The molecule has 0 amide bonds. The van der Waals surface area contributed by atoms with Crippen molar-refractivity contribution in [3.8, 4) is 0 Å². The van der Waals surface area contributed by atoms with Gasteiger partial charge < -0.3 is 10.6 Å². The van der Waals surface area contributed by atoms with Crippen molar-refractivity contribution < 1.29 is 0 Å². The van der Waals surface area contributed by atoms with Crippen LogP contribution in [0.4, 0.5) is 5.82 Å². The van der Waals surface area contributed by atoms with Gasteiger partial charge >= 0.3 is 0 Å². The van der Waals surface area contributed by atoms with Gasteiger partial charge in [0, 0.05) is 24.5 Å². The Morgan fingerprint density at radius 2 is 2.19 bits per heavy atom. The third-order valence-corrected chi connectivity index (χ3v) is 3.70. The molecule has 2 aromatic rings. The van der Waals surface area contributed by atoms with Gasteiger partial charge in [-0.1, -0.05) is 12.1 Å². The highest BCUT2D eigenvalue weighted by Crippen LogP contribution is 2.30. The zero-order valence-electron chi connectivity index (χ0n) is 8.80. The summed E-state index contributed by atoms with van der Waals surface area (Å²) in [6.07, 6.45) is 1.08. The predicted octanol–water partition coefficient (Wildman–Crippen LogP) is 2.26. The van der Waals surface area contributed by atoms with Gasteiger partial charge in [0.25, 0.3) is 0 Å². The van der Waals surface area contributed by atoms with E-state index in [1.165, 1.54) is 10.1 Å². The molecule has 1 atom stereocenters. The first-order chi connectivity index (χ1) is 7.34. The molecule has 5 heteroatoms. The van der Waals surface area contributed by atoms with Gasteiger partial charge in [-0.05, 0) is 30.1 Å². The highest BCUT2D eigenvalue weighted by Gasteiger charge is 2.22. The van der Waals surface area contributed by atoms with E-state index in [1.54, 1.807) is 11.5 Å². The summed E-state index contributed by atoms with van der Waals surface area (Å²) in [4.78, 5) is 2.30. The molecule has 1 saturated heterocycles.